The summed E-state index contributed by atoms with van der Waals surface area (Å²) in [7, 11) is -10.3. The van der Waals surface area contributed by atoms with Crippen LogP contribution in [-0.4, -0.2) is 27.9 Å². The van der Waals surface area contributed by atoms with Crippen LogP contribution in [0.15, 0.2) is 11.6 Å². The second kappa shape index (κ2) is 5.86. The highest BCUT2D eigenvalue weighted by molar-refractivity contribution is 7.60. The van der Waals surface area contributed by atoms with Crippen LogP contribution in [0, 0.1) is 0 Å². The summed E-state index contributed by atoms with van der Waals surface area (Å²) in [5, 5.41) is 0. The number of rotatable bonds is 6. The summed E-state index contributed by atoms with van der Waals surface area (Å²) < 4.78 is 47.5. The lowest BCUT2D eigenvalue weighted by Crippen LogP contribution is -1.95. The van der Waals surface area contributed by atoms with Gasteiger partial charge < -0.3 is 14.7 Å². The minimum Gasteiger partial charge on any atom is -0.302 e. The Bertz CT molecular complexity index is 353. The molecule has 0 radical (unpaired) electrons. The van der Waals surface area contributed by atoms with Gasteiger partial charge in [-0.05, 0) is 12.5 Å². The van der Waals surface area contributed by atoms with Crippen LogP contribution in [0.3, 0.4) is 0 Å². The van der Waals surface area contributed by atoms with E-state index in [0.717, 1.165) is 6.08 Å². The smallest absolute Gasteiger partial charge is 0.302 e. The molecule has 15 heavy (non-hydrogen) atoms. The average molecular weight is 265 g/mol. The van der Waals surface area contributed by atoms with Crippen molar-refractivity contribution >= 4 is 15.6 Å². The number of halogens is 1. The number of phosphoric ester groups is 1. The average Bonchev–Trinajstić information content (AvgIpc) is 1.97. The Morgan fingerprint density at radius 1 is 1.53 bits per heavy atom. The molecule has 0 aliphatic heterocycles. The maximum absolute atomic E-state index is 12.0. The van der Waals surface area contributed by atoms with E-state index < -0.39 is 28.9 Å². The molecule has 7 nitrogen and oxygen atoms in total. The van der Waals surface area contributed by atoms with Crippen LogP contribution >= 0.6 is 15.6 Å². The first-order chi connectivity index (χ1) is 7.06. The molecule has 0 bridgehead atoms. The summed E-state index contributed by atoms with van der Waals surface area (Å²) in [6, 6.07) is 0. The molecule has 0 spiro atoms. The maximum Gasteiger partial charge on any atom is 0.481 e. The van der Waals surface area contributed by atoms with Gasteiger partial charge in [0.05, 0.1) is 7.95 Å². The second-order valence-corrected chi connectivity index (χ2v) is 5.21. The number of hydrogen-bond acceptors (Lipinski definition) is 4. The standard InChI is InChI=1S/C5H11FO7P2/c1-5(4-6)2-3-12-15(10,11)13-14(7,8)9/h2H,3-4H2,1H3,(H,10,11)(H2,7,8,9)/b5-2+/i3D/t3-/m1/s1. The maximum atomic E-state index is 12.0. The lowest BCUT2D eigenvalue weighted by molar-refractivity contribution is 0.191. The fourth-order valence-corrected chi connectivity index (χ4v) is 1.87. The Morgan fingerprint density at radius 2 is 2.07 bits per heavy atom. The molecule has 0 heterocycles. The second-order valence-electron chi connectivity index (χ2n) is 2.43. The number of phosphoric acid groups is 2. The third-order valence-corrected chi connectivity index (χ3v) is 3.03. The lowest BCUT2D eigenvalue weighted by atomic mass is 10.3. The topological polar surface area (TPSA) is 113 Å². The van der Waals surface area contributed by atoms with Crippen molar-refractivity contribution in [2.24, 2.45) is 0 Å². The van der Waals surface area contributed by atoms with Gasteiger partial charge in [-0.1, -0.05) is 6.08 Å². The van der Waals surface area contributed by atoms with Crippen LogP contribution in [0.4, 0.5) is 4.39 Å². The van der Waals surface area contributed by atoms with Gasteiger partial charge in [0.15, 0.2) is 0 Å². The highest BCUT2D eigenvalue weighted by Crippen LogP contribution is 2.57. The first-order valence-corrected chi connectivity index (χ1v) is 6.52. The largest absolute Gasteiger partial charge is 0.481 e. The van der Waals surface area contributed by atoms with Gasteiger partial charge in [0.1, 0.15) is 6.67 Å². The molecule has 0 fully saturated rings. The molecule has 1 unspecified atom stereocenters. The van der Waals surface area contributed by atoms with Gasteiger partial charge in [-0.3, -0.25) is 4.52 Å². The molecular weight excluding hydrogens is 253 g/mol. The summed E-state index contributed by atoms with van der Waals surface area (Å²) in [5.74, 6) is 0. The summed E-state index contributed by atoms with van der Waals surface area (Å²) in [5.41, 5.74) is 0.0659. The summed E-state index contributed by atoms with van der Waals surface area (Å²) in [4.78, 5) is 25.3. The van der Waals surface area contributed by atoms with Crippen molar-refractivity contribution in [3.8, 4) is 0 Å². The van der Waals surface area contributed by atoms with Crippen LogP contribution in [0.5, 0.6) is 0 Å². The van der Waals surface area contributed by atoms with Gasteiger partial charge in [0.2, 0.25) is 0 Å². The van der Waals surface area contributed by atoms with Crippen LogP contribution in [0.1, 0.15) is 8.29 Å². The molecule has 0 amide bonds. The van der Waals surface area contributed by atoms with Gasteiger partial charge in [0.25, 0.3) is 0 Å². The zero-order chi connectivity index (χ0) is 13.0. The Hall–Kier alpha value is -0.0700. The van der Waals surface area contributed by atoms with Crippen molar-refractivity contribution in [2.75, 3.05) is 13.3 Å². The molecule has 10 heteroatoms. The Balaban J connectivity index is 4.49. The van der Waals surface area contributed by atoms with Gasteiger partial charge in [-0.15, -0.1) is 0 Å². The number of allylic oxidation sites excluding steroid dienone is 1. The van der Waals surface area contributed by atoms with E-state index in [-0.39, 0.29) is 5.57 Å². The third kappa shape index (κ3) is 8.89. The van der Waals surface area contributed by atoms with Crippen molar-refractivity contribution in [3.05, 3.63) is 11.6 Å². The summed E-state index contributed by atoms with van der Waals surface area (Å²) in [6.45, 7) is -1.34. The Morgan fingerprint density at radius 3 is 2.47 bits per heavy atom. The van der Waals surface area contributed by atoms with Crippen molar-refractivity contribution in [1.82, 2.24) is 0 Å². The van der Waals surface area contributed by atoms with Gasteiger partial charge in [0, 0.05) is 0 Å². The molecular formula is C5H11FO7P2. The van der Waals surface area contributed by atoms with Crippen LogP contribution in [-0.2, 0) is 18.0 Å². The third-order valence-electron chi connectivity index (χ3n) is 0.967. The van der Waals surface area contributed by atoms with E-state index in [4.69, 9.17) is 16.1 Å². The molecule has 90 valence electrons. The number of alkyl halides is 1. The van der Waals surface area contributed by atoms with E-state index in [2.05, 4.69) is 8.83 Å². The zero-order valence-corrected chi connectivity index (χ0v) is 9.40. The molecule has 3 N–H and O–H groups in total. The molecule has 0 rings (SSSR count). The molecule has 0 aromatic carbocycles. The minimum atomic E-state index is -5.20. The monoisotopic (exact) mass is 265 g/mol. The first kappa shape index (κ1) is 13.0. The van der Waals surface area contributed by atoms with Gasteiger partial charge >= 0.3 is 15.6 Å². The summed E-state index contributed by atoms with van der Waals surface area (Å²) in [6.07, 6.45) is 0.853. The molecule has 2 atom stereocenters. The van der Waals surface area contributed by atoms with Gasteiger partial charge in [-0.2, -0.15) is 4.31 Å². The van der Waals surface area contributed by atoms with Crippen LogP contribution < -0.4 is 0 Å². The van der Waals surface area contributed by atoms with Crippen molar-refractivity contribution in [2.45, 2.75) is 6.92 Å². The molecule has 0 aliphatic rings. The van der Waals surface area contributed by atoms with E-state index in [9.17, 15) is 13.5 Å². The van der Waals surface area contributed by atoms with Crippen molar-refractivity contribution in [3.63, 3.8) is 0 Å². The molecule has 0 aliphatic carbocycles. The lowest BCUT2D eigenvalue weighted by Gasteiger charge is -2.10. The molecule has 0 aromatic rings. The zero-order valence-electron chi connectivity index (χ0n) is 8.61. The SMILES string of the molecule is [2H][C@H](/C=C(\C)CF)OP(=O)(O)OP(=O)(O)O. The summed E-state index contributed by atoms with van der Waals surface area (Å²) >= 11 is 0. The fraction of sp³-hybridized carbons (Fsp3) is 0.600. The number of hydrogen-bond donors (Lipinski definition) is 3. The van der Waals surface area contributed by atoms with Crippen LogP contribution in [0.2, 0.25) is 0 Å². The Labute approximate surface area is 86.8 Å². The minimum absolute atomic E-state index is 0.0659. The quantitative estimate of drug-likeness (QED) is 0.487. The predicted octanol–water partition coefficient (Wildman–Crippen LogP) is 1.13. The van der Waals surface area contributed by atoms with Crippen LogP contribution in [0.25, 0.3) is 0 Å². The molecule has 0 aromatic heterocycles. The van der Waals surface area contributed by atoms with E-state index in [0.29, 0.717) is 0 Å². The van der Waals surface area contributed by atoms with E-state index in [1.54, 1.807) is 0 Å². The highest BCUT2D eigenvalue weighted by atomic mass is 31.3. The van der Waals surface area contributed by atoms with Gasteiger partial charge in [-0.25, -0.2) is 13.5 Å². The van der Waals surface area contributed by atoms with E-state index in [1.165, 1.54) is 6.92 Å². The van der Waals surface area contributed by atoms with Crippen molar-refractivity contribution in [1.29, 1.82) is 0 Å². The fourth-order valence-electron chi connectivity index (χ4n) is 0.422. The normalized spacial score (nSPS) is 20.6. The molecule has 0 saturated carbocycles. The highest BCUT2D eigenvalue weighted by Gasteiger charge is 2.31. The molecule has 0 saturated heterocycles. The van der Waals surface area contributed by atoms with E-state index >= 15 is 0 Å². The van der Waals surface area contributed by atoms with Crippen molar-refractivity contribution < 1.29 is 38.4 Å². The predicted molar refractivity (Wildman–Crippen MR) is 48.6 cm³/mol. The first-order valence-electron chi connectivity index (χ1n) is 4.07. The Kier molecular flexibility index (Phi) is 5.08. The van der Waals surface area contributed by atoms with E-state index in [1.807, 2.05) is 0 Å².